The van der Waals surface area contributed by atoms with E-state index in [2.05, 4.69) is 45.0 Å². The van der Waals surface area contributed by atoms with Crippen LogP contribution in [0.1, 0.15) is 11.1 Å². The number of halogens is 1. The number of anilines is 2. The average Bonchev–Trinajstić information content (AvgIpc) is 3.28. The molecule has 0 unspecified atom stereocenters. The molecule has 0 saturated carbocycles. The third-order valence-corrected chi connectivity index (χ3v) is 6.32. The van der Waals surface area contributed by atoms with Gasteiger partial charge in [0.05, 0.1) is 5.52 Å². The number of fused-ring (bicyclic) bond motifs is 2. The predicted octanol–water partition coefficient (Wildman–Crippen LogP) is 5.80. The molecule has 0 amide bonds. The fourth-order valence-corrected chi connectivity index (χ4v) is 4.68. The van der Waals surface area contributed by atoms with E-state index in [1.54, 1.807) is 12.4 Å². The molecule has 3 aromatic heterocycles. The Labute approximate surface area is 196 Å². The van der Waals surface area contributed by atoms with Gasteiger partial charge in [0.1, 0.15) is 12.1 Å². The SMILES string of the molecule is Cc1c(-c2cncnc2)ccc2c(N3CCc4cc(Cl)ccc43)nc(-c3cccnc3)nc12. The van der Waals surface area contributed by atoms with E-state index < -0.39 is 0 Å². The number of hydrogen-bond donors (Lipinski definition) is 0. The normalized spacial score (nSPS) is 12.8. The lowest BCUT2D eigenvalue weighted by atomic mass is 9.99. The van der Waals surface area contributed by atoms with Crippen molar-refractivity contribution < 1.29 is 0 Å². The summed E-state index contributed by atoms with van der Waals surface area (Å²) in [5.41, 5.74) is 7.22. The Kier molecular flexibility index (Phi) is 4.73. The van der Waals surface area contributed by atoms with Crippen LogP contribution in [0.2, 0.25) is 5.02 Å². The Morgan fingerprint density at radius 1 is 0.909 bits per heavy atom. The Bertz CT molecular complexity index is 1490. The number of nitrogens with zero attached hydrogens (tertiary/aromatic N) is 6. The third kappa shape index (κ3) is 3.39. The van der Waals surface area contributed by atoms with Gasteiger partial charge in [0, 0.05) is 58.6 Å². The van der Waals surface area contributed by atoms with Gasteiger partial charge in [-0.15, -0.1) is 0 Å². The van der Waals surface area contributed by atoms with Crippen molar-refractivity contribution in [1.29, 1.82) is 0 Å². The molecule has 1 aliphatic heterocycles. The minimum Gasteiger partial charge on any atom is -0.325 e. The number of aromatic nitrogens is 5. The highest BCUT2D eigenvalue weighted by atomic mass is 35.5. The molecule has 7 heteroatoms. The summed E-state index contributed by atoms with van der Waals surface area (Å²) in [5, 5.41) is 1.76. The van der Waals surface area contributed by atoms with E-state index in [0.717, 1.165) is 62.7 Å². The van der Waals surface area contributed by atoms with E-state index in [1.807, 2.05) is 36.7 Å². The summed E-state index contributed by atoms with van der Waals surface area (Å²) in [6.07, 6.45) is 9.66. The van der Waals surface area contributed by atoms with Crippen LogP contribution in [0, 0.1) is 6.92 Å². The maximum Gasteiger partial charge on any atom is 0.163 e. The van der Waals surface area contributed by atoms with Crippen LogP contribution in [0.25, 0.3) is 33.4 Å². The smallest absolute Gasteiger partial charge is 0.163 e. The van der Waals surface area contributed by atoms with Crippen LogP contribution in [0.15, 0.2) is 73.6 Å². The first-order chi connectivity index (χ1) is 16.2. The molecule has 2 aromatic carbocycles. The van der Waals surface area contributed by atoms with E-state index >= 15 is 0 Å². The molecule has 0 N–H and O–H groups in total. The van der Waals surface area contributed by atoms with Crippen LogP contribution in [0.3, 0.4) is 0 Å². The van der Waals surface area contributed by atoms with Crippen molar-refractivity contribution in [2.75, 3.05) is 11.4 Å². The zero-order valence-corrected chi connectivity index (χ0v) is 18.7. The minimum atomic E-state index is 0.651. The molecule has 0 aliphatic carbocycles. The maximum atomic E-state index is 6.25. The van der Waals surface area contributed by atoms with Crippen molar-refractivity contribution >= 4 is 34.0 Å². The van der Waals surface area contributed by atoms with Gasteiger partial charge in [-0.05, 0) is 66.4 Å². The first-order valence-electron chi connectivity index (χ1n) is 10.7. The summed E-state index contributed by atoms with van der Waals surface area (Å²) >= 11 is 6.25. The van der Waals surface area contributed by atoms with Crippen molar-refractivity contribution in [1.82, 2.24) is 24.9 Å². The van der Waals surface area contributed by atoms with Crippen molar-refractivity contribution in [3.8, 4) is 22.5 Å². The molecule has 6 nitrogen and oxygen atoms in total. The summed E-state index contributed by atoms with van der Waals surface area (Å²) in [6.45, 7) is 2.92. The van der Waals surface area contributed by atoms with Crippen molar-refractivity contribution in [2.45, 2.75) is 13.3 Å². The highest BCUT2D eigenvalue weighted by Crippen LogP contribution is 2.40. The summed E-state index contributed by atoms with van der Waals surface area (Å²) in [7, 11) is 0. The lowest BCUT2D eigenvalue weighted by molar-refractivity contribution is 0.976. The molecule has 1 aliphatic rings. The molecule has 0 saturated heterocycles. The first kappa shape index (κ1) is 19.8. The fraction of sp³-hybridized carbons (Fsp3) is 0.115. The van der Waals surface area contributed by atoms with Gasteiger partial charge in [0.15, 0.2) is 5.82 Å². The van der Waals surface area contributed by atoms with Gasteiger partial charge in [0.2, 0.25) is 0 Å². The van der Waals surface area contributed by atoms with Crippen LogP contribution in [0.5, 0.6) is 0 Å². The zero-order chi connectivity index (χ0) is 22.4. The van der Waals surface area contributed by atoms with E-state index in [9.17, 15) is 0 Å². The molecular formula is C26H19ClN6. The number of pyridine rings is 1. The van der Waals surface area contributed by atoms with Crippen LogP contribution in [-0.4, -0.2) is 31.5 Å². The van der Waals surface area contributed by atoms with E-state index in [1.165, 1.54) is 11.9 Å². The molecule has 0 bridgehead atoms. The quantitative estimate of drug-likeness (QED) is 0.346. The molecule has 4 heterocycles. The van der Waals surface area contributed by atoms with Crippen molar-refractivity contribution in [2.24, 2.45) is 0 Å². The monoisotopic (exact) mass is 450 g/mol. The molecule has 0 fully saturated rings. The second-order valence-electron chi connectivity index (χ2n) is 8.05. The predicted molar refractivity (Wildman–Crippen MR) is 131 cm³/mol. The standard InChI is InChI=1S/C26H19ClN6/c1-16-21(19-13-29-15-30-14-19)5-6-22-24(16)31-25(18-3-2-9-28-12-18)32-26(22)33-10-8-17-11-20(27)4-7-23(17)33/h2-7,9,11-15H,8,10H2,1H3. The highest BCUT2D eigenvalue weighted by molar-refractivity contribution is 6.30. The first-order valence-corrected chi connectivity index (χ1v) is 11.1. The van der Waals surface area contributed by atoms with Gasteiger partial charge < -0.3 is 4.90 Å². The molecule has 5 aromatic rings. The second-order valence-corrected chi connectivity index (χ2v) is 8.49. The van der Waals surface area contributed by atoms with E-state index in [0.29, 0.717) is 5.82 Å². The van der Waals surface area contributed by atoms with Crippen LogP contribution in [-0.2, 0) is 6.42 Å². The zero-order valence-electron chi connectivity index (χ0n) is 17.9. The third-order valence-electron chi connectivity index (χ3n) is 6.09. The molecule has 0 atom stereocenters. The van der Waals surface area contributed by atoms with Gasteiger partial charge in [0.25, 0.3) is 0 Å². The summed E-state index contributed by atoms with van der Waals surface area (Å²) in [6, 6.07) is 14.1. The Balaban J connectivity index is 1.61. The molecule has 0 radical (unpaired) electrons. The molecular weight excluding hydrogens is 432 g/mol. The summed E-state index contributed by atoms with van der Waals surface area (Å²) in [5.74, 6) is 1.54. The molecule has 33 heavy (non-hydrogen) atoms. The van der Waals surface area contributed by atoms with Gasteiger partial charge in [-0.1, -0.05) is 17.7 Å². The van der Waals surface area contributed by atoms with Crippen molar-refractivity contribution in [3.63, 3.8) is 0 Å². The minimum absolute atomic E-state index is 0.651. The topological polar surface area (TPSA) is 67.7 Å². The Morgan fingerprint density at radius 3 is 2.58 bits per heavy atom. The van der Waals surface area contributed by atoms with E-state index in [4.69, 9.17) is 21.6 Å². The lowest BCUT2D eigenvalue weighted by Gasteiger charge is -2.22. The Morgan fingerprint density at radius 2 is 1.76 bits per heavy atom. The average molecular weight is 451 g/mol. The number of hydrogen-bond acceptors (Lipinski definition) is 6. The number of rotatable bonds is 3. The molecule has 160 valence electrons. The Hall–Kier alpha value is -3.90. The van der Waals surface area contributed by atoms with Gasteiger partial charge >= 0.3 is 0 Å². The van der Waals surface area contributed by atoms with Crippen molar-refractivity contribution in [3.05, 3.63) is 89.7 Å². The molecule has 6 rings (SSSR count). The van der Waals surface area contributed by atoms with Crippen LogP contribution < -0.4 is 4.90 Å². The van der Waals surface area contributed by atoms with Gasteiger partial charge in [-0.3, -0.25) is 4.98 Å². The second kappa shape index (κ2) is 7.90. The molecule has 0 spiro atoms. The van der Waals surface area contributed by atoms with Crippen LogP contribution >= 0.6 is 11.6 Å². The number of aryl methyl sites for hydroxylation is 1. The summed E-state index contributed by atoms with van der Waals surface area (Å²) in [4.78, 5) is 24.9. The van der Waals surface area contributed by atoms with Crippen LogP contribution in [0.4, 0.5) is 11.5 Å². The van der Waals surface area contributed by atoms with Gasteiger partial charge in [-0.25, -0.2) is 19.9 Å². The largest absolute Gasteiger partial charge is 0.325 e. The lowest BCUT2D eigenvalue weighted by Crippen LogP contribution is -2.16. The van der Waals surface area contributed by atoms with Gasteiger partial charge in [-0.2, -0.15) is 0 Å². The van der Waals surface area contributed by atoms with E-state index in [-0.39, 0.29) is 0 Å². The fourth-order valence-electron chi connectivity index (χ4n) is 4.49. The maximum absolute atomic E-state index is 6.25. The number of benzene rings is 2. The highest BCUT2D eigenvalue weighted by Gasteiger charge is 2.25. The summed E-state index contributed by atoms with van der Waals surface area (Å²) < 4.78 is 0.